The van der Waals surface area contributed by atoms with Gasteiger partial charge in [0.05, 0.1) is 6.54 Å². The van der Waals surface area contributed by atoms with Crippen molar-refractivity contribution in [2.45, 2.75) is 0 Å². The molecule has 2 rings (SSSR count). The molecule has 0 saturated carbocycles. The van der Waals surface area contributed by atoms with Gasteiger partial charge >= 0.3 is 0 Å². The lowest BCUT2D eigenvalue weighted by atomic mass is 10.1. The Kier molecular flexibility index (Phi) is 5.14. The fourth-order valence-electron chi connectivity index (χ4n) is 2.46. The normalized spacial score (nSPS) is 15.8. The molecule has 0 atom stereocenters. The lowest BCUT2D eigenvalue weighted by Crippen LogP contribution is -2.49. The Morgan fingerprint density at radius 3 is 2.52 bits per heavy atom. The maximum Gasteiger partial charge on any atom is 0.242 e. The molecule has 0 spiro atoms. The van der Waals surface area contributed by atoms with Gasteiger partial charge in [-0.25, -0.2) is 0 Å². The molecule has 21 heavy (non-hydrogen) atoms. The summed E-state index contributed by atoms with van der Waals surface area (Å²) in [6, 6.07) is 7.64. The van der Waals surface area contributed by atoms with Gasteiger partial charge in [0.15, 0.2) is 0 Å². The molecule has 0 bridgehead atoms. The highest BCUT2D eigenvalue weighted by Crippen LogP contribution is 2.19. The van der Waals surface area contributed by atoms with E-state index in [0.29, 0.717) is 11.5 Å². The van der Waals surface area contributed by atoms with E-state index in [1.807, 2.05) is 41.1 Å². The highest BCUT2D eigenvalue weighted by atomic mass is 32.1. The monoisotopic (exact) mass is 306 g/mol. The number of hydrogen-bond donors (Lipinski definition) is 1. The number of nitrogens with zero attached hydrogens (tertiary/aromatic N) is 3. The van der Waals surface area contributed by atoms with Crippen molar-refractivity contribution < 1.29 is 4.79 Å². The van der Waals surface area contributed by atoms with Crippen LogP contribution in [-0.2, 0) is 4.79 Å². The second-order valence-corrected chi connectivity index (χ2v) is 5.86. The van der Waals surface area contributed by atoms with Crippen molar-refractivity contribution in [3.8, 4) is 0 Å². The molecule has 1 aromatic rings. The van der Waals surface area contributed by atoms with Crippen LogP contribution in [0.5, 0.6) is 0 Å². The Morgan fingerprint density at radius 1 is 1.29 bits per heavy atom. The summed E-state index contributed by atoms with van der Waals surface area (Å²) >= 11 is 5.07. The minimum Gasteiger partial charge on any atom is -0.389 e. The van der Waals surface area contributed by atoms with Crippen LogP contribution in [0.1, 0.15) is 5.56 Å². The van der Waals surface area contributed by atoms with Crippen LogP contribution >= 0.6 is 12.2 Å². The summed E-state index contributed by atoms with van der Waals surface area (Å²) in [7, 11) is 3.97. The molecule has 0 aromatic heterocycles. The van der Waals surface area contributed by atoms with Crippen molar-refractivity contribution >= 4 is 28.8 Å². The predicted octanol–water partition coefficient (Wildman–Crippen LogP) is 0.531. The van der Waals surface area contributed by atoms with Gasteiger partial charge < -0.3 is 20.4 Å². The number of carbonyl (C=O) groups excluding carboxylic acids is 1. The maximum atomic E-state index is 12.4. The van der Waals surface area contributed by atoms with Crippen molar-refractivity contribution in [1.82, 2.24) is 9.80 Å². The third kappa shape index (κ3) is 3.92. The zero-order valence-electron chi connectivity index (χ0n) is 12.6. The van der Waals surface area contributed by atoms with Crippen molar-refractivity contribution in [3.63, 3.8) is 0 Å². The molecule has 1 saturated heterocycles. The van der Waals surface area contributed by atoms with Gasteiger partial charge in [-0.2, -0.15) is 0 Å². The molecular weight excluding hydrogens is 284 g/mol. The van der Waals surface area contributed by atoms with Crippen molar-refractivity contribution in [1.29, 1.82) is 0 Å². The van der Waals surface area contributed by atoms with E-state index < -0.39 is 0 Å². The maximum absolute atomic E-state index is 12.4. The van der Waals surface area contributed by atoms with Gasteiger partial charge in [0.25, 0.3) is 0 Å². The van der Waals surface area contributed by atoms with E-state index in [9.17, 15) is 4.79 Å². The number of piperazine rings is 1. The lowest BCUT2D eigenvalue weighted by molar-refractivity contribution is -0.131. The third-order valence-corrected chi connectivity index (χ3v) is 4.03. The Morgan fingerprint density at radius 2 is 1.90 bits per heavy atom. The molecule has 114 valence electrons. The van der Waals surface area contributed by atoms with E-state index in [4.69, 9.17) is 18.0 Å². The van der Waals surface area contributed by atoms with E-state index in [1.54, 1.807) is 0 Å². The molecule has 0 radical (unpaired) electrons. The number of thiocarbonyl (C=S) groups is 1. The van der Waals surface area contributed by atoms with E-state index in [2.05, 4.69) is 11.9 Å². The first-order valence-corrected chi connectivity index (χ1v) is 7.46. The first-order chi connectivity index (χ1) is 9.99. The minimum absolute atomic E-state index is 0.142. The van der Waals surface area contributed by atoms with Crippen LogP contribution in [0.15, 0.2) is 24.3 Å². The number of benzene rings is 1. The largest absolute Gasteiger partial charge is 0.389 e. The second-order valence-electron chi connectivity index (χ2n) is 5.42. The minimum atomic E-state index is 0.142. The molecule has 2 N–H and O–H groups in total. The Balaban J connectivity index is 2.03. The molecular formula is C15H22N4OS. The van der Waals surface area contributed by atoms with Crippen LogP contribution in [-0.4, -0.2) is 67.5 Å². The smallest absolute Gasteiger partial charge is 0.242 e. The SMILES string of the molecule is CN1CCN(C(=O)CN(C)c2ccccc2C(N)=S)CC1. The average Bonchev–Trinajstić information content (AvgIpc) is 2.47. The summed E-state index contributed by atoms with van der Waals surface area (Å²) in [4.78, 5) is 18.8. The number of anilines is 1. The van der Waals surface area contributed by atoms with Gasteiger partial charge in [-0.05, 0) is 19.2 Å². The molecule has 1 amide bonds. The summed E-state index contributed by atoms with van der Waals surface area (Å²) in [5, 5.41) is 0. The number of amides is 1. The summed E-state index contributed by atoms with van der Waals surface area (Å²) in [6.07, 6.45) is 0. The number of para-hydroxylation sites is 1. The highest BCUT2D eigenvalue weighted by Gasteiger charge is 2.21. The van der Waals surface area contributed by atoms with Crippen molar-refractivity contribution in [2.24, 2.45) is 5.73 Å². The molecule has 1 aliphatic heterocycles. The molecule has 5 nitrogen and oxygen atoms in total. The quantitative estimate of drug-likeness (QED) is 0.823. The molecule has 0 aliphatic carbocycles. The molecule has 1 fully saturated rings. The second kappa shape index (κ2) is 6.87. The Labute approximate surface area is 131 Å². The molecule has 6 heteroatoms. The number of likely N-dealkylation sites (N-methyl/N-ethyl adjacent to an activating group) is 2. The lowest BCUT2D eigenvalue weighted by Gasteiger charge is -2.34. The predicted molar refractivity (Wildman–Crippen MR) is 89.7 cm³/mol. The first kappa shape index (κ1) is 15.7. The molecule has 0 unspecified atom stereocenters. The van der Waals surface area contributed by atoms with Gasteiger partial charge in [-0.15, -0.1) is 0 Å². The summed E-state index contributed by atoms with van der Waals surface area (Å²) < 4.78 is 0. The van der Waals surface area contributed by atoms with Crippen LogP contribution in [0.2, 0.25) is 0 Å². The van der Waals surface area contributed by atoms with E-state index in [0.717, 1.165) is 37.4 Å². The zero-order valence-corrected chi connectivity index (χ0v) is 13.4. The number of nitrogens with two attached hydrogens (primary N) is 1. The standard InChI is InChI=1S/C15H22N4OS/c1-17-7-9-19(10-8-17)14(20)11-18(2)13-6-4-3-5-12(13)15(16)21/h3-6H,7-11H2,1-2H3,(H2,16,21). The van der Waals surface area contributed by atoms with E-state index >= 15 is 0 Å². The summed E-state index contributed by atoms with van der Waals surface area (Å²) in [5.41, 5.74) is 7.45. The summed E-state index contributed by atoms with van der Waals surface area (Å²) in [5.74, 6) is 0.142. The molecule has 1 heterocycles. The van der Waals surface area contributed by atoms with Crippen LogP contribution < -0.4 is 10.6 Å². The van der Waals surface area contributed by atoms with E-state index in [1.165, 1.54) is 0 Å². The van der Waals surface area contributed by atoms with Gasteiger partial charge in [-0.3, -0.25) is 4.79 Å². The fourth-order valence-corrected chi connectivity index (χ4v) is 2.63. The van der Waals surface area contributed by atoms with Crippen LogP contribution in [0.4, 0.5) is 5.69 Å². The van der Waals surface area contributed by atoms with E-state index in [-0.39, 0.29) is 5.91 Å². The van der Waals surface area contributed by atoms with Crippen LogP contribution in [0.25, 0.3) is 0 Å². The topological polar surface area (TPSA) is 52.8 Å². The summed E-state index contributed by atoms with van der Waals surface area (Å²) in [6.45, 7) is 3.78. The molecule has 1 aliphatic rings. The number of rotatable bonds is 4. The fraction of sp³-hybridized carbons (Fsp3) is 0.467. The van der Waals surface area contributed by atoms with Gasteiger partial charge in [0.2, 0.25) is 5.91 Å². The number of hydrogen-bond acceptors (Lipinski definition) is 4. The first-order valence-electron chi connectivity index (χ1n) is 7.05. The highest BCUT2D eigenvalue weighted by molar-refractivity contribution is 7.80. The van der Waals surface area contributed by atoms with Gasteiger partial charge in [0.1, 0.15) is 4.99 Å². The van der Waals surface area contributed by atoms with Crippen molar-refractivity contribution in [3.05, 3.63) is 29.8 Å². The van der Waals surface area contributed by atoms with Crippen LogP contribution in [0.3, 0.4) is 0 Å². The Bertz CT molecular complexity index is 526. The van der Waals surface area contributed by atoms with Crippen molar-refractivity contribution in [2.75, 3.05) is 51.7 Å². The average molecular weight is 306 g/mol. The van der Waals surface area contributed by atoms with Crippen LogP contribution in [0, 0.1) is 0 Å². The zero-order chi connectivity index (χ0) is 15.4. The third-order valence-electron chi connectivity index (χ3n) is 3.81. The number of carbonyl (C=O) groups is 1. The Hall–Kier alpha value is -1.66. The van der Waals surface area contributed by atoms with Gasteiger partial charge in [0, 0.05) is 44.5 Å². The van der Waals surface area contributed by atoms with Gasteiger partial charge in [-0.1, -0.05) is 24.4 Å². The molecule has 1 aromatic carbocycles.